The Kier molecular flexibility index (Phi) is 58.7. The summed E-state index contributed by atoms with van der Waals surface area (Å²) in [6, 6.07) is -0.867. The number of ether oxygens (including phenoxy) is 1. The van der Waals surface area contributed by atoms with Crippen molar-refractivity contribution in [2.45, 2.75) is 328 Å². The molecule has 0 aliphatic carbocycles. The largest absolute Gasteiger partial charge is 0.472 e. The molecule has 0 bridgehead atoms. The van der Waals surface area contributed by atoms with Gasteiger partial charge < -0.3 is 19.4 Å². The molecule has 0 aromatic heterocycles. The van der Waals surface area contributed by atoms with Crippen molar-refractivity contribution in [2.75, 3.05) is 40.9 Å². The first-order chi connectivity index (χ1) is 39.4. The van der Waals surface area contributed by atoms with E-state index in [1.807, 2.05) is 33.3 Å². The lowest BCUT2D eigenvalue weighted by Gasteiger charge is -2.27. The molecule has 3 unspecified atom stereocenters. The number of carbonyl (C=O) groups excluding carboxylic acids is 2. The monoisotopic (exact) mass is 1160 g/mol. The van der Waals surface area contributed by atoms with Crippen LogP contribution in [0.15, 0.2) is 72.9 Å². The van der Waals surface area contributed by atoms with Crippen molar-refractivity contribution < 1.29 is 37.3 Å². The molecule has 0 fully saturated rings. The number of carbonyl (C=O) groups is 2. The van der Waals surface area contributed by atoms with Crippen molar-refractivity contribution >= 4 is 19.7 Å². The molecule has 0 aromatic carbocycles. The number of hydrogen-bond acceptors (Lipinski definition) is 6. The highest BCUT2D eigenvalue weighted by molar-refractivity contribution is 7.47. The fourth-order valence-electron chi connectivity index (χ4n) is 9.91. The third-order valence-electron chi connectivity index (χ3n) is 15.2. The van der Waals surface area contributed by atoms with Gasteiger partial charge in [0.15, 0.2) is 0 Å². The van der Waals surface area contributed by atoms with Crippen LogP contribution in [-0.2, 0) is 27.9 Å². The van der Waals surface area contributed by atoms with Crippen LogP contribution in [0.4, 0.5) is 0 Å². The molecule has 0 heterocycles. The first-order valence-corrected chi connectivity index (χ1v) is 35.8. The summed E-state index contributed by atoms with van der Waals surface area (Å²) < 4.78 is 30.7. The number of nitrogens with zero attached hydrogens (tertiary/aromatic N) is 1. The van der Waals surface area contributed by atoms with Crippen LogP contribution in [0.1, 0.15) is 316 Å². The van der Waals surface area contributed by atoms with E-state index in [1.165, 1.54) is 186 Å². The van der Waals surface area contributed by atoms with Crippen molar-refractivity contribution in [1.29, 1.82) is 0 Å². The number of allylic oxidation sites excluding steroid dienone is 11. The molecule has 0 saturated carbocycles. The summed E-state index contributed by atoms with van der Waals surface area (Å²) in [5.74, 6) is -0.534. The number of nitrogens with one attached hydrogen (secondary N) is 1. The minimum atomic E-state index is -4.46. The minimum Gasteiger partial charge on any atom is -0.456 e. The van der Waals surface area contributed by atoms with E-state index in [4.69, 9.17) is 13.8 Å². The average molecular weight is 1160 g/mol. The van der Waals surface area contributed by atoms with Crippen molar-refractivity contribution in [1.82, 2.24) is 5.32 Å². The Morgan fingerprint density at radius 1 is 0.444 bits per heavy atom. The lowest BCUT2D eigenvalue weighted by Crippen LogP contribution is -2.47. The molecule has 2 N–H and O–H groups in total. The molecule has 0 aliphatic rings. The third-order valence-corrected chi connectivity index (χ3v) is 16.1. The summed E-state index contributed by atoms with van der Waals surface area (Å²) in [4.78, 5) is 37.8. The summed E-state index contributed by atoms with van der Waals surface area (Å²) in [6.07, 6.45) is 79.3. The van der Waals surface area contributed by atoms with E-state index >= 15 is 0 Å². The summed E-state index contributed by atoms with van der Waals surface area (Å²) in [6.45, 7) is 6.90. The van der Waals surface area contributed by atoms with Crippen LogP contribution in [0, 0.1) is 0 Å². The average Bonchev–Trinajstić information content (AvgIpc) is 3.43. The number of phosphoric ester groups is 1. The summed E-state index contributed by atoms with van der Waals surface area (Å²) in [7, 11) is 1.48. The zero-order valence-electron chi connectivity index (χ0n) is 54.0. The fraction of sp³-hybridized carbons (Fsp3) is 0.803. The fourth-order valence-corrected chi connectivity index (χ4v) is 10.6. The standard InChI is InChI=1S/C71H131N2O7P/c1-7-10-13-16-19-22-25-27-29-31-33-34-35-36-37-38-40-42-44-46-49-52-55-58-61-64-71(75)80-69(62-59-56-53-50-47-24-21-18-15-12-9-3)68(67-79-81(76,77)78-66-65-73(4,5)6)72-70(74)63-60-57-54-51-48-45-43-41-39-32-30-28-26-23-20-17-14-11-8-2/h11,14,20,23,28,30,39,41,45,48,59,62,68-69H,7-10,12-13,15-19,21-22,24-27,29,31-38,40,42-44,46-47,49-58,60-61,63-67H2,1-6H3,(H-,72,74,76,77)/p+1/b14-11-,23-20-,30-28-,41-39-,48-45-,62-59-. The number of amides is 1. The Morgan fingerprint density at radius 2 is 0.790 bits per heavy atom. The molecular weight excluding hydrogens is 1020 g/mol. The van der Waals surface area contributed by atoms with Crippen LogP contribution in [0.3, 0.4) is 0 Å². The normalized spacial score (nSPS) is 14.0. The van der Waals surface area contributed by atoms with E-state index in [2.05, 4.69) is 86.8 Å². The molecular formula is C71H132N2O7P+. The number of phosphoric acid groups is 1. The molecule has 1 amide bonds. The van der Waals surface area contributed by atoms with Crippen LogP contribution in [-0.4, -0.2) is 74.3 Å². The minimum absolute atomic E-state index is 0.0323. The predicted molar refractivity (Wildman–Crippen MR) is 351 cm³/mol. The van der Waals surface area contributed by atoms with Gasteiger partial charge in [-0.05, 0) is 76.7 Å². The van der Waals surface area contributed by atoms with Crippen LogP contribution in [0.5, 0.6) is 0 Å². The number of rotatable bonds is 62. The third kappa shape index (κ3) is 61.8. The van der Waals surface area contributed by atoms with Gasteiger partial charge >= 0.3 is 13.8 Å². The number of unbranched alkanes of at least 4 members (excludes halogenated alkanes) is 36. The molecule has 9 nitrogen and oxygen atoms in total. The zero-order valence-corrected chi connectivity index (χ0v) is 54.9. The van der Waals surface area contributed by atoms with Gasteiger partial charge in [0.2, 0.25) is 5.91 Å². The van der Waals surface area contributed by atoms with Crippen molar-refractivity contribution in [3.8, 4) is 0 Å². The Balaban J connectivity index is 5.08. The Bertz CT molecular complexity index is 1620. The van der Waals surface area contributed by atoms with Gasteiger partial charge in [0, 0.05) is 12.8 Å². The van der Waals surface area contributed by atoms with Gasteiger partial charge in [0.05, 0.1) is 33.8 Å². The van der Waals surface area contributed by atoms with E-state index in [1.54, 1.807) is 0 Å². The highest BCUT2D eigenvalue weighted by atomic mass is 31.2. The Labute approximate surface area is 502 Å². The number of hydrogen-bond donors (Lipinski definition) is 2. The topological polar surface area (TPSA) is 111 Å². The van der Waals surface area contributed by atoms with Gasteiger partial charge in [-0.1, -0.05) is 299 Å². The van der Waals surface area contributed by atoms with E-state index in [-0.39, 0.29) is 31.5 Å². The van der Waals surface area contributed by atoms with Crippen molar-refractivity contribution in [2.24, 2.45) is 0 Å². The SMILES string of the molecule is CC/C=C\C/C=C\C/C=C\C/C=C\C/C=C\CCCCCC(=O)NC(COP(=O)(O)OCC[N+](C)(C)C)C(/C=C\CCCCCCCCCCC)OC(=O)CCCCCCCCCCCCCCCCCCCCCCCCCCC. The molecule has 0 saturated heterocycles. The van der Waals surface area contributed by atoms with Crippen molar-refractivity contribution in [3.05, 3.63) is 72.9 Å². The van der Waals surface area contributed by atoms with E-state index < -0.39 is 20.0 Å². The summed E-state index contributed by atoms with van der Waals surface area (Å²) in [5.41, 5.74) is 0. The van der Waals surface area contributed by atoms with Gasteiger partial charge in [-0.2, -0.15) is 0 Å². The number of esters is 1. The van der Waals surface area contributed by atoms with Crippen LogP contribution in [0.25, 0.3) is 0 Å². The number of quaternary nitrogens is 1. The highest BCUT2D eigenvalue weighted by Gasteiger charge is 2.30. The first-order valence-electron chi connectivity index (χ1n) is 34.3. The van der Waals surface area contributed by atoms with E-state index in [9.17, 15) is 19.0 Å². The van der Waals surface area contributed by atoms with Gasteiger partial charge in [-0.3, -0.25) is 18.6 Å². The molecule has 0 spiro atoms. The second kappa shape index (κ2) is 60.6. The van der Waals surface area contributed by atoms with Gasteiger partial charge in [-0.15, -0.1) is 0 Å². The maximum absolute atomic E-state index is 13.6. The van der Waals surface area contributed by atoms with Crippen LogP contribution < -0.4 is 5.32 Å². The second-order valence-corrected chi connectivity index (χ2v) is 25.8. The molecule has 81 heavy (non-hydrogen) atoms. The predicted octanol–water partition coefficient (Wildman–Crippen LogP) is 21.6. The van der Waals surface area contributed by atoms with E-state index in [0.29, 0.717) is 23.9 Å². The van der Waals surface area contributed by atoms with Crippen LogP contribution >= 0.6 is 7.82 Å². The Morgan fingerprint density at radius 3 is 1.20 bits per heavy atom. The molecule has 0 aromatic rings. The van der Waals surface area contributed by atoms with Gasteiger partial charge in [-0.25, -0.2) is 4.57 Å². The van der Waals surface area contributed by atoms with Gasteiger partial charge in [0.25, 0.3) is 0 Å². The smallest absolute Gasteiger partial charge is 0.456 e. The van der Waals surface area contributed by atoms with Crippen molar-refractivity contribution in [3.63, 3.8) is 0 Å². The Hall–Kier alpha value is -2.55. The second-order valence-electron chi connectivity index (χ2n) is 24.3. The van der Waals surface area contributed by atoms with Crippen LogP contribution in [0.2, 0.25) is 0 Å². The summed E-state index contributed by atoms with van der Waals surface area (Å²) in [5, 5.41) is 3.04. The quantitative estimate of drug-likeness (QED) is 0.0205. The molecule has 3 atom stereocenters. The molecule has 0 rings (SSSR count). The molecule has 0 radical (unpaired) electrons. The summed E-state index contributed by atoms with van der Waals surface area (Å²) >= 11 is 0. The maximum atomic E-state index is 13.6. The lowest BCUT2D eigenvalue weighted by molar-refractivity contribution is -0.870. The first kappa shape index (κ1) is 78.5. The van der Waals surface area contributed by atoms with Gasteiger partial charge in [0.1, 0.15) is 19.3 Å². The zero-order chi connectivity index (χ0) is 59.3. The van der Waals surface area contributed by atoms with E-state index in [0.717, 1.165) is 89.9 Å². The highest BCUT2D eigenvalue weighted by Crippen LogP contribution is 2.43. The molecule has 10 heteroatoms. The maximum Gasteiger partial charge on any atom is 0.472 e. The lowest BCUT2D eigenvalue weighted by atomic mass is 10.0. The molecule has 0 aliphatic heterocycles. The number of likely N-dealkylation sites (N-methyl/N-ethyl adjacent to an activating group) is 1. The molecule has 472 valence electrons.